The van der Waals surface area contributed by atoms with Crippen LogP contribution in [0.3, 0.4) is 0 Å². The number of H-pyrrole nitrogens is 1. The van der Waals surface area contributed by atoms with Gasteiger partial charge in [0.25, 0.3) is 21.2 Å². The SMILES string of the molecule is O=c1ccn(C2OC(COP(=O)([O-])OP(=O)([O-])OP(=O)([O-])[O-])C(O)C2O)c(=S)[nH]1.[Li+].[Li+].[Li+].[Li+]. The number of nitrogens with zero attached hydrogens (tertiary/aromatic N) is 1. The molecule has 3 N–H and O–H groups in total. The summed E-state index contributed by atoms with van der Waals surface area (Å²) in [7, 11) is -18.1. The maximum absolute atomic E-state index is 11.5. The van der Waals surface area contributed by atoms with Crippen molar-refractivity contribution in [2.24, 2.45) is 0 Å². The Morgan fingerprint density at radius 2 is 1.58 bits per heavy atom. The zero-order valence-electron chi connectivity index (χ0n) is 17.7. The molecule has 2 heterocycles. The van der Waals surface area contributed by atoms with E-state index in [0.717, 1.165) is 16.8 Å². The van der Waals surface area contributed by atoms with E-state index in [2.05, 4.69) is 18.1 Å². The zero-order valence-corrected chi connectivity index (χ0v) is 21.2. The molecule has 16 nitrogen and oxygen atoms in total. The maximum Gasteiger partial charge on any atom is 1.00 e. The third-order valence-electron chi connectivity index (χ3n) is 3.26. The second-order valence-electron chi connectivity index (χ2n) is 5.36. The van der Waals surface area contributed by atoms with Gasteiger partial charge in [0.05, 0.1) is 14.4 Å². The van der Waals surface area contributed by atoms with Crippen LogP contribution in [0.25, 0.3) is 0 Å². The Balaban J connectivity index is -0.00000225. The number of phosphoric ester groups is 1. The van der Waals surface area contributed by atoms with Crippen molar-refractivity contribution in [1.29, 1.82) is 0 Å². The number of hydrogen-bond acceptors (Lipinski definition) is 15. The molecule has 33 heavy (non-hydrogen) atoms. The average Bonchev–Trinajstić information content (AvgIpc) is 2.78. The molecule has 0 saturated carbocycles. The summed E-state index contributed by atoms with van der Waals surface area (Å²) in [6.07, 6.45) is -5.24. The second-order valence-corrected chi connectivity index (χ2v) is 10.00. The molecule has 1 aromatic heterocycles. The van der Waals surface area contributed by atoms with Crippen LogP contribution in [0.1, 0.15) is 6.23 Å². The Morgan fingerprint density at radius 3 is 2.06 bits per heavy atom. The number of rotatable bonds is 8. The standard InChI is InChI=1S/C9H15N2O14P3S.4Li/c12-5-1-2-11(9(29)10-5)8-7(14)6(13)4(23-8)3-22-27(18,19)25-28(20,21)24-26(15,16)17;;;;/h1-2,4,6-8,13-14H,3H2,(H,18,19)(H,20,21)(H,10,12,29)(H2,15,16,17);;;;/q;4*+1/p-4. The number of aromatic amines is 1. The first-order chi connectivity index (χ1) is 13.1. The number of aliphatic hydroxyl groups excluding tert-OH is 2. The number of phosphoric acid groups is 3. The van der Waals surface area contributed by atoms with Crippen molar-refractivity contribution in [3.8, 4) is 0 Å². The molecule has 2 rings (SSSR count). The Morgan fingerprint density at radius 1 is 1.03 bits per heavy atom. The quantitative estimate of drug-likeness (QED) is 0.162. The van der Waals surface area contributed by atoms with E-state index in [9.17, 15) is 48.3 Å². The molecular weight excluding hydrogens is 513 g/mol. The van der Waals surface area contributed by atoms with Gasteiger partial charge in [0.15, 0.2) is 11.0 Å². The van der Waals surface area contributed by atoms with E-state index in [4.69, 9.17) is 17.0 Å². The van der Waals surface area contributed by atoms with Crippen LogP contribution in [0.5, 0.6) is 0 Å². The first kappa shape index (κ1) is 39.3. The van der Waals surface area contributed by atoms with Gasteiger partial charge < -0.3 is 43.6 Å². The van der Waals surface area contributed by atoms with Crippen molar-refractivity contribution in [2.45, 2.75) is 24.5 Å². The molecule has 6 unspecified atom stereocenters. The summed E-state index contributed by atoms with van der Waals surface area (Å²) < 4.78 is 49.4. The van der Waals surface area contributed by atoms with Crippen LogP contribution in [0.2, 0.25) is 0 Å². The zero-order chi connectivity index (χ0) is 22.2. The Bertz CT molecular complexity index is 1020. The number of aromatic nitrogens is 2. The predicted molar refractivity (Wildman–Crippen MR) is 82.8 cm³/mol. The monoisotopic (exact) mass is 524 g/mol. The molecule has 1 aliphatic heterocycles. The first-order valence-electron chi connectivity index (χ1n) is 7.15. The van der Waals surface area contributed by atoms with Crippen LogP contribution in [-0.2, 0) is 31.6 Å². The van der Waals surface area contributed by atoms with Crippen LogP contribution in [0, 0.1) is 4.77 Å². The summed E-state index contributed by atoms with van der Waals surface area (Å²) in [5.41, 5.74) is -0.562. The normalized spacial score (nSPS) is 25.8. The van der Waals surface area contributed by atoms with E-state index in [1.807, 2.05) is 0 Å². The smallest absolute Gasteiger partial charge is 0.790 e. The average molecular weight is 524 g/mol. The van der Waals surface area contributed by atoms with E-state index in [1.165, 1.54) is 0 Å². The molecule has 0 aliphatic carbocycles. The van der Waals surface area contributed by atoms with Gasteiger partial charge in [-0.25, -0.2) is 4.31 Å². The van der Waals surface area contributed by atoms with E-state index in [0.29, 0.717) is 0 Å². The van der Waals surface area contributed by atoms with Crippen molar-refractivity contribution < 1.29 is 137 Å². The summed E-state index contributed by atoms with van der Waals surface area (Å²) in [6.45, 7) is -1.10. The topological polar surface area (TPSA) is 259 Å². The molecule has 1 saturated heterocycles. The molecule has 0 radical (unpaired) electrons. The minimum absolute atomic E-state index is 0. The van der Waals surface area contributed by atoms with Crippen LogP contribution < -0.4 is 101 Å². The van der Waals surface area contributed by atoms with Crippen LogP contribution in [-0.4, -0.2) is 44.7 Å². The fourth-order valence-corrected chi connectivity index (χ4v) is 5.30. The van der Waals surface area contributed by atoms with E-state index in [1.54, 1.807) is 0 Å². The van der Waals surface area contributed by atoms with Gasteiger partial charge in [-0.3, -0.25) is 27.8 Å². The van der Waals surface area contributed by atoms with Gasteiger partial charge in [-0.2, -0.15) is 0 Å². The summed E-state index contributed by atoms with van der Waals surface area (Å²) in [4.78, 5) is 56.5. The summed E-state index contributed by atoms with van der Waals surface area (Å²) in [5, 5.41) is 20.0. The number of aliphatic hydroxyl groups is 2. The third-order valence-corrected chi connectivity index (χ3v) is 7.24. The van der Waals surface area contributed by atoms with Crippen LogP contribution in [0.4, 0.5) is 0 Å². The van der Waals surface area contributed by atoms with Gasteiger partial charge in [0, 0.05) is 12.3 Å². The van der Waals surface area contributed by atoms with Crippen molar-refractivity contribution in [3.63, 3.8) is 0 Å². The molecule has 1 aromatic rings. The molecule has 1 aliphatic rings. The Hall–Kier alpha value is 1.78. The molecule has 1 fully saturated rings. The Labute approximate surface area is 238 Å². The van der Waals surface area contributed by atoms with E-state index >= 15 is 0 Å². The summed E-state index contributed by atoms with van der Waals surface area (Å²) in [6, 6.07) is 1.03. The predicted octanol–water partition coefficient (Wildman–Crippen LogP) is -15.6. The fraction of sp³-hybridized carbons (Fsp3) is 0.556. The first-order valence-corrected chi connectivity index (χ1v) is 11.9. The molecular formula is C9H11Li4N2O14P3S. The molecule has 6 atom stereocenters. The maximum atomic E-state index is 11.5. The van der Waals surface area contributed by atoms with Crippen molar-refractivity contribution in [1.82, 2.24) is 9.55 Å². The molecule has 0 amide bonds. The molecule has 0 aromatic carbocycles. The summed E-state index contributed by atoms with van der Waals surface area (Å²) >= 11 is 4.87. The van der Waals surface area contributed by atoms with E-state index in [-0.39, 0.29) is 80.2 Å². The molecule has 0 spiro atoms. The van der Waals surface area contributed by atoms with Gasteiger partial charge in [-0.05, 0) is 12.2 Å². The van der Waals surface area contributed by atoms with Gasteiger partial charge >= 0.3 is 75.4 Å². The number of ether oxygens (including phenoxy) is 1. The third kappa shape index (κ3) is 12.2. The van der Waals surface area contributed by atoms with Gasteiger partial charge in [-0.15, -0.1) is 0 Å². The van der Waals surface area contributed by atoms with Crippen molar-refractivity contribution in [3.05, 3.63) is 27.4 Å². The van der Waals surface area contributed by atoms with E-state index < -0.39 is 60.2 Å². The van der Waals surface area contributed by atoms with Crippen LogP contribution >= 0.6 is 35.7 Å². The molecule has 24 heteroatoms. The number of hydrogen-bond donors (Lipinski definition) is 3. The summed E-state index contributed by atoms with van der Waals surface area (Å²) in [5.74, 6) is 0. The van der Waals surface area contributed by atoms with Gasteiger partial charge in [-0.1, -0.05) is 0 Å². The van der Waals surface area contributed by atoms with Gasteiger partial charge in [0.2, 0.25) is 0 Å². The van der Waals surface area contributed by atoms with Crippen LogP contribution in [0.15, 0.2) is 17.1 Å². The van der Waals surface area contributed by atoms with Crippen molar-refractivity contribution in [2.75, 3.05) is 6.61 Å². The molecule has 166 valence electrons. The van der Waals surface area contributed by atoms with Gasteiger partial charge in [0.1, 0.15) is 18.3 Å². The minimum Gasteiger partial charge on any atom is -0.790 e. The second kappa shape index (κ2) is 15.3. The molecule has 0 bridgehead atoms. The Kier molecular flexibility index (Phi) is 18.2. The number of nitrogens with one attached hydrogen (secondary N) is 1. The fourth-order valence-electron chi connectivity index (χ4n) is 2.17. The van der Waals surface area contributed by atoms with Crippen molar-refractivity contribution >= 4 is 35.7 Å². The minimum atomic E-state index is -6.14. The largest absolute Gasteiger partial charge is 1.00 e.